The van der Waals surface area contributed by atoms with Crippen LogP contribution in [0.1, 0.15) is 23.1 Å². The minimum atomic E-state index is -2.96. The molecule has 1 aliphatic rings. The van der Waals surface area contributed by atoms with Crippen molar-refractivity contribution in [2.75, 3.05) is 30.4 Å². The minimum absolute atomic E-state index is 0.0280. The van der Waals surface area contributed by atoms with E-state index >= 15 is 0 Å². The van der Waals surface area contributed by atoms with Gasteiger partial charge in [-0.05, 0) is 36.2 Å². The van der Waals surface area contributed by atoms with Crippen LogP contribution in [0.2, 0.25) is 0 Å². The van der Waals surface area contributed by atoms with Gasteiger partial charge in [0, 0.05) is 26.2 Å². The van der Waals surface area contributed by atoms with Crippen molar-refractivity contribution in [3.63, 3.8) is 0 Å². The highest BCUT2D eigenvalue weighted by molar-refractivity contribution is 7.15. The fourth-order valence-electron chi connectivity index (χ4n) is 3.67. The molecular formula is C21H21F3N6O3S. The van der Waals surface area contributed by atoms with Crippen molar-refractivity contribution in [1.82, 2.24) is 20.4 Å². The highest BCUT2D eigenvalue weighted by atomic mass is 32.1. The highest BCUT2D eigenvalue weighted by Crippen LogP contribution is 2.27. The molecule has 9 nitrogen and oxygen atoms in total. The molecule has 1 saturated heterocycles. The van der Waals surface area contributed by atoms with Gasteiger partial charge in [0.15, 0.2) is 11.6 Å². The lowest BCUT2D eigenvalue weighted by molar-refractivity contribution is -0.128. The molecule has 1 aliphatic heterocycles. The molecule has 2 atom stereocenters. The zero-order chi connectivity index (χ0) is 24.1. The van der Waals surface area contributed by atoms with E-state index in [0.29, 0.717) is 28.1 Å². The van der Waals surface area contributed by atoms with Gasteiger partial charge >= 0.3 is 6.61 Å². The third kappa shape index (κ3) is 5.97. The van der Waals surface area contributed by atoms with E-state index in [1.54, 1.807) is 12.1 Å². The smallest absolute Gasteiger partial charge is 0.387 e. The van der Waals surface area contributed by atoms with E-state index in [4.69, 9.17) is 4.74 Å². The predicted molar refractivity (Wildman–Crippen MR) is 118 cm³/mol. The molecule has 13 heteroatoms. The molecule has 1 N–H and O–H groups in total. The van der Waals surface area contributed by atoms with Gasteiger partial charge in [-0.3, -0.25) is 4.79 Å². The zero-order valence-corrected chi connectivity index (χ0v) is 18.8. The molecule has 1 fully saturated rings. The van der Waals surface area contributed by atoms with Gasteiger partial charge in [0.2, 0.25) is 11.1 Å². The van der Waals surface area contributed by atoms with Crippen LogP contribution in [0.3, 0.4) is 0 Å². The summed E-state index contributed by atoms with van der Waals surface area (Å²) in [4.78, 5) is 14.8. The number of ketones is 1. The molecule has 0 saturated carbocycles. The number of aromatic nitrogens is 4. The van der Waals surface area contributed by atoms with E-state index in [2.05, 4.69) is 30.4 Å². The molecule has 0 amide bonds. The number of methoxy groups -OCH3 is 1. The molecule has 3 aromatic rings. The number of rotatable bonds is 10. The summed E-state index contributed by atoms with van der Waals surface area (Å²) in [5, 5.41) is 19.9. The summed E-state index contributed by atoms with van der Waals surface area (Å²) < 4.78 is 47.7. The number of hydrogen-bond acceptors (Lipinski definition) is 10. The lowest BCUT2D eigenvalue weighted by Gasteiger charge is -2.16. The van der Waals surface area contributed by atoms with Gasteiger partial charge in [0.05, 0.1) is 6.42 Å². The number of Topliss-reactive ketones (excluding diaryl/α,β-unsaturated/α-hetero) is 1. The van der Waals surface area contributed by atoms with Gasteiger partial charge in [0.1, 0.15) is 16.9 Å². The first-order chi connectivity index (χ1) is 16.4. The Labute approximate surface area is 196 Å². The highest BCUT2D eigenvalue weighted by Gasteiger charge is 2.26. The molecule has 0 bridgehead atoms. The molecule has 0 unspecified atom stereocenters. The first-order valence-electron chi connectivity index (χ1n) is 10.3. The first kappa shape index (κ1) is 23.8. The number of hydrogen-bond donors (Lipinski definition) is 1. The molecule has 0 aliphatic carbocycles. The number of alkyl halides is 2. The van der Waals surface area contributed by atoms with Crippen LogP contribution < -0.4 is 15.0 Å². The Bertz CT molecular complexity index is 1120. The molecule has 180 valence electrons. The molecule has 0 spiro atoms. The van der Waals surface area contributed by atoms with Crippen molar-refractivity contribution < 1.29 is 27.4 Å². The molecule has 0 radical (unpaired) electrons. The van der Waals surface area contributed by atoms with E-state index in [-0.39, 0.29) is 24.0 Å². The van der Waals surface area contributed by atoms with Gasteiger partial charge in [-0.15, -0.1) is 20.4 Å². The van der Waals surface area contributed by atoms with Crippen LogP contribution in [0, 0.1) is 5.95 Å². The second-order valence-electron chi connectivity index (χ2n) is 7.50. The van der Waals surface area contributed by atoms with Gasteiger partial charge in [0.25, 0.3) is 0 Å². The Morgan fingerprint density at radius 1 is 1.24 bits per heavy atom. The van der Waals surface area contributed by atoms with Crippen molar-refractivity contribution in [2.45, 2.75) is 31.6 Å². The van der Waals surface area contributed by atoms with Crippen molar-refractivity contribution in [3.05, 3.63) is 52.9 Å². The number of benzene rings is 1. The fraction of sp³-hybridized carbons (Fsp3) is 0.381. The van der Waals surface area contributed by atoms with Crippen molar-refractivity contribution in [2.24, 2.45) is 0 Å². The predicted octanol–water partition coefficient (Wildman–Crippen LogP) is 3.26. The second-order valence-corrected chi connectivity index (χ2v) is 8.56. The number of carbonyl (C=O) groups is 1. The number of nitrogens with zero attached hydrogens (tertiary/aromatic N) is 5. The molecule has 4 rings (SSSR count). The third-order valence-corrected chi connectivity index (χ3v) is 6.02. The average molecular weight is 494 g/mol. The van der Waals surface area contributed by atoms with Crippen LogP contribution in [-0.4, -0.2) is 59.0 Å². The Hall–Kier alpha value is -3.32. The Balaban J connectivity index is 1.34. The summed E-state index contributed by atoms with van der Waals surface area (Å²) in [7, 11) is 1.37. The van der Waals surface area contributed by atoms with Crippen molar-refractivity contribution in [3.8, 4) is 5.75 Å². The van der Waals surface area contributed by atoms with E-state index in [1.165, 1.54) is 42.7 Å². The van der Waals surface area contributed by atoms with Crippen LogP contribution in [-0.2, 0) is 16.0 Å². The lowest BCUT2D eigenvalue weighted by atomic mass is 10.0. The number of nitrogens with one attached hydrogen (secondary N) is 1. The fourth-order valence-corrected chi connectivity index (χ4v) is 4.50. The minimum Gasteiger partial charge on any atom is -0.435 e. The van der Waals surface area contributed by atoms with E-state index in [9.17, 15) is 18.0 Å². The SMILES string of the molecule is CO[C@H](C(=O)Cc1nnc(N[C@@H]2CCN(c3ccc(F)nn3)C2)s1)c1cccc(OC(F)F)c1. The Kier molecular flexibility index (Phi) is 7.53. The number of halogens is 3. The van der Waals surface area contributed by atoms with E-state index in [1.807, 2.05) is 4.90 Å². The number of anilines is 2. The summed E-state index contributed by atoms with van der Waals surface area (Å²) in [6, 6.07) is 8.78. The number of ether oxygens (including phenoxy) is 2. The Morgan fingerprint density at radius 3 is 2.82 bits per heavy atom. The maximum absolute atomic E-state index is 13.0. The van der Waals surface area contributed by atoms with Crippen molar-refractivity contribution in [1.29, 1.82) is 0 Å². The largest absolute Gasteiger partial charge is 0.435 e. The summed E-state index contributed by atoms with van der Waals surface area (Å²) in [6.45, 7) is -1.60. The van der Waals surface area contributed by atoms with Crippen LogP contribution in [0.15, 0.2) is 36.4 Å². The standard InChI is InChI=1S/C21H21F3N6O3S/c1-32-19(12-3-2-4-14(9-12)33-20(23)24)15(31)10-18-28-29-21(34-18)25-13-7-8-30(11-13)17-6-5-16(22)26-27-17/h2-6,9,13,19-20H,7-8,10-11H2,1H3,(H,25,29)/t13-,19+/m1/s1. The molecule has 1 aromatic carbocycles. The summed E-state index contributed by atoms with van der Waals surface area (Å²) in [5.74, 6) is -0.371. The van der Waals surface area contributed by atoms with Gasteiger partial charge < -0.3 is 19.7 Å². The summed E-state index contributed by atoms with van der Waals surface area (Å²) >= 11 is 1.25. The molecular weight excluding hydrogens is 473 g/mol. The lowest BCUT2D eigenvalue weighted by Crippen LogP contribution is -2.26. The normalized spacial score (nSPS) is 16.6. The monoisotopic (exact) mass is 494 g/mol. The number of carbonyl (C=O) groups excluding carboxylic acids is 1. The summed E-state index contributed by atoms with van der Waals surface area (Å²) in [5.41, 5.74) is 0.406. The van der Waals surface area contributed by atoms with E-state index < -0.39 is 18.7 Å². The summed E-state index contributed by atoms with van der Waals surface area (Å²) in [6.07, 6.45) is -0.170. The van der Waals surface area contributed by atoms with Gasteiger partial charge in [-0.2, -0.15) is 13.2 Å². The molecule has 3 heterocycles. The second kappa shape index (κ2) is 10.7. The quantitative estimate of drug-likeness (QED) is 0.455. The van der Waals surface area contributed by atoms with Gasteiger partial charge in [-0.25, -0.2) is 0 Å². The maximum atomic E-state index is 13.0. The average Bonchev–Trinajstić information content (AvgIpc) is 3.44. The van der Waals surface area contributed by atoms with E-state index in [0.717, 1.165) is 13.0 Å². The van der Waals surface area contributed by atoms with Gasteiger partial charge in [-0.1, -0.05) is 23.5 Å². The topological polar surface area (TPSA) is 102 Å². The van der Waals surface area contributed by atoms with Crippen LogP contribution in [0.5, 0.6) is 5.75 Å². The zero-order valence-electron chi connectivity index (χ0n) is 18.0. The molecule has 2 aromatic heterocycles. The van der Waals surface area contributed by atoms with Crippen LogP contribution in [0.25, 0.3) is 0 Å². The third-order valence-electron chi connectivity index (χ3n) is 5.16. The first-order valence-corrected chi connectivity index (χ1v) is 11.2. The van der Waals surface area contributed by atoms with Crippen LogP contribution in [0.4, 0.5) is 24.1 Å². The van der Waals surface area contributed by atoms with Crippen LogP contribution >= 0.6 is 11.3 Å². The maximum Gasteiger partial charge on any atom is 0.387 e. The Morgan fingerprint density at radius 2 is 2.09 bits per heavy atom. The molecule has 34 heavy (non-hydrogen) atoms. The van der Waals surface area contributed by atoms with Crippen molar-refractivity contribution >= 4 is 28.1 Å².